The highest BCUT2D eigenvalue weighted by Crippen LogP contribution is 2.32. The molecule has 5 aromatic rings. The number of carbonyl (C=O) groups is 1. The third kappa shape index (κ3) is 4.20. The summed E-state index contributed by atoms with van der Waals surface area (Å²) in [5.41, 5.74) is 9.23. The second kappa shape index (κ2) is 9.27. The standard InChI is InChI=1S/C25H21FN6O3S/c1-13-7-23(35-22-6-4-3-5-16(22)26)28-12-20(13)32-25(27)15(11-29-32)24(34)19-9-14-8-18(31-36-2)21(33)10-17(14)30-19/h3-12,30-31,33H,27H2,1-2H3. The molecular weight excluding hydrogens is 483 g/mol. The van der Waals surface area contributed by atoms with Crippen LogP contribution in [-0.2, 0) is 0 Å². The van der Waals surface area contributed by atoms with E-state index in [1.165, 1.54) is 41.2 Å². The molecule has 0 aliphatic rings. The molecule has 5 rings (SSSR count). The Balaban J connectivity index is 1.43. The summed E-state index contributed by atoms with van der Waals surface area (Å²) in [7, 11) is 0. The number of aryl methyl sites for hydroxylation is 1. The van der Waals surface area contributed by atoms with Crippen LogP contribution in [0.1, 0.15) is 21.6 Å². The maximum absolute atomic E-state index is 13.9. The number of aromatic nitrogens is 4. The summed E-state index contributed by atoms with van der Waals surface area (Å²) in [5, 5.41) is 15.2. The van der Waals surface area contributed by atoms with E-state index in [1.54, 1.807) is 43.3 Å². The molecule has 0 saturated heterocycles. The van der Waals surface area contributed by atoms with Crippen LogP contribution in [0.5, 0.6) is 17.4 Å². The van der Waals surface area contributed by atoms with Gasteiger partial charge in [-0.3, -0.25) is 4.79 Å². The lowest BCUT2D eigenvalue weighted by Crippen LogP contribution is -2.09. The number of halogens is 1. The van der Waals surface area contributed by atoms with Crippen molar-refractivity contribution >= 4 is 40.1 Å². The summed E-state index contributed by atoms with van der Waals surface area (Å²) >= 11 is 1.35. The molecule has 0 bridgehead atoms. The van der Waals surface area contributed by atoms with Crippen molar-refractivity contribution < 1.29 is 19.0 Å². The van der Waals surface area contributed by atoms with E-state index in [0.29, 0.717) is 28.1 Å². The van der Waals surface area contributed by atoms with E-state index in [-0.39, 0.29) is 34.5 Å². The molecule has 9 nitrogen and oxygen atoms in total. The lowest BCUT2D eigenvalue weighted by Gasteiger charge is -2.11. The highest BCUT2D eigenvalue weighted by atomic mass is 32.2. The normalized spacial score (nSPS) is 11.1. The summed E-state index contributed by atoms with van der Waals surface area (Å²) in [5.74, 6) is -0.371. The van der Waals surface area contributed by atoms with Gasteiger partial charge in [-0.05, 0) is 36.8 Å². The lowest BCUT2D eigenvalue weighted by molar-refractivity contribution is 0.103. The number of nitrogens with two attached hydrogens (primary N) is 1. The van der Waals surface area contributed by atoms with Gasteiger partial charge in [0.1, 0.15) is 11.6 Å². The molecule has 0 amide bonds. The zero-order chi connectivity index (χ0) is 25.4. The topological polar surface area (TPSA) is 131 Å². The minimum Gasteiger partial charge on any atom is -0.506 e. The van der Waals surface area contributed by atoms with Crippen molar-refractivity contribution in [2.24, 2.45) is 0 Å². The monoisotopic (exact) mass is 504 g/mol. The van der Waals surface area contributed by atoms with Gasteiger partial charge in [-0.15, -0.1) is 0 Å². The Bertz CT molecular complexity index is 1610. The number of phenols is 1. The SMILES string of the molecule is CSNc1cc2cc(C(=O)c3cnn(-c4cnc(Oc5ccccc5F)cc4C)c3N)[nH]c2cc1O. The Kier molecular flexibility index (Phi) is 5.98. The van der Waals surface area contributed by atoms with Crippen LogP contribution in [0, 0.1) is 12.7 Å². The summed E-state index contributed by atoms with van der Waals surface area (Å²) in [4.78, 5) is 20.5. The van der Waals surface area contributed by atoms with Crippen molar-refractivity contribution in [3.8, 4) is 23.1 Å². The van der Waals surface area contributed by atoms with Crippen molar-refractivity contribution in [2.45, 2.75) is 6.92 Å². The highest BCUT2D eigenvalue weighted by Gasteiger charge is 2.21. The number of phenolic OH excluding ortho intramolecular Hbond substituents is 1. The molecule has 0 aliphatic carbocycles. The summed E-state index contributed by atoms with van der Waals surface area (Å²) in [6.45, 7) is 1.80. The average Bonchev–Trinajstić information content (AvgIpc) is 3.44. The van der Waals surface area contributed by atoms with Gasteiger partial charge < -0.3 is 25.3 Å². The Morgan fingerprint density at radius 2 is 2.03 bits per heavy atom. The van der Waals surface area contributed by atoms with Crippen LogP contribution in [0.4, 0.5) is 15.9 Å². The number of carbonyl (C=O) groups excluding carboxylic acids is 1. The molecule has 3 heterocycles. The smallest absolute Gasteiger partial charge is 0.219 e. The zero-order valence-corrected chi connectivity index (χ0v) is 20.1. The molecule has 5 N–H and O–H groups in total. The Morgan fingerprint density at radius 3 is 2.78 bits per heavy atom. The van der Waals surface area contributed by atoms with E-state index in [0.717, 1.165) is 5.39 Å². The first-order valence-corrected chi connectivity index (χ1v) is 12.0. The summed E-state index contributed by atoms with van der Waals surface area (Å²) < 4.78 is 23.9. The second-order valence-electron chi connectivity index (χ2n) is 7.97. The largest absolute Gasteiger partial charge is 0.506 e. The third-order valence-corrected chi connectivity index (χ3v) is 6.01. The average molecular weight is 505 g/mol. The van der Waals surface area contributed by atoms with Crippen LogP contribution in [0.25, 0.3) is 16.6 Å². The van der Waals surface area contributed by atoms with Gasteiger partial charge in [-0.2, -0.15) is 5.10 Å². The number of aromatic amines is 1. The van der Waals surface area contributed by atoms with Gasteiger partial charge >= 0.3 is 0 Å². The predicted octanol–water partition coefficient (Wildman–Crippen LogP) is 5.20. The van der Waals surface area contributed by atoms with E-state index in [2.05, 4.69) is 19.8 Å². The van der Waals surface area contributed by atoms with Crippen molar-refractivity contribution in [1.82, 2.24) is 19.7 Å². The minimum absolute atomic E-state index is 0.0617. The number of para-hydroxylation sites is 1. The molecular formula is C25H21FN6O3S. The molecule has 3 aromatic heterocycles. The van der Waals surface area contributed by atoms with E-state index in [4.69, 9.17) is 10.5 Å². The molecule has 36 heavy (non-hydrogen) atoms. The minimum atomic E-state index is -0.496. The number of hydrogen-bond donors (Lipinski definition) is 4. The third-order valence-electron chi connectivity index (χ3n) is 5.58. The molecule has 0 fully saturated rings. The quantitative estimate of drug-likeness (QED) is 0.135. The number of nitrogens with one attached hydrogen (secondary N) is 2. The highest BCUT2D eigenvalue weighted by molar-refractivity contribution is 7.99. The van der Waals surface area contributed by atoms with Crippen molar-refractivity contribution in [3.05, 3.63) is 83.6 Å². The first-order valence-electron chi connectivity index (χ1n) is 10.8. The lowest BCUT2D eigenvalue weighted by atomic mass is 10.1. The predicted molar refractivity (Wildman–Crippen MR) is 138 cm³/mol. The first kappa shape index (κ1) is 23.2. The van der Waals surface area contributed by atoms with Crippen molar-refractivity contribution in [3.63, 3.8) is 0 Å². The molecule has 11 heteroatoms. The number of nitrogen functional groups attached to an aromatic ring is 1. The molecule has 182 valence electrons. The number of pyridine rings is 1. The number of ketones is 1. The Morgan fingerprint density at radius 1 is 1.22 bits per heavy atom. The van der Waals surface area contributed by atoms with E-state index >= 15 is 0 Å². The van der Waals surface area contributed by atoms with Gasteiger partial charge in [0.2, 0.25) is 11.7 Å². The molecule has 2 aromatic carbocycles. The Hall–Kier alpha value is -4.51. The maximum Gasteiger partial charge on any atom is 0.219 e. The number of H-pyrrole nitrogens is 1. The second-order valence-corrected chi connectivity index (χ2v) is 8.58. The molecule has 0 spiro atoms. The fourth-order valence-electron chi connectivity index (χ4n) is 3.79. The van der Waals surface area contributed by atoms with Gasteiger partial charge in [0.15, 0.2) is 11.6 Å². The first-order chi connectivity index (χ1) is 17.4. The molecule has 0 radical (unpaired) electrons. The van der Waals surface area contributed by atoms with Gasteiger partial charge in [-0.25, -0.2) is 14.1 Å². The molecule has 0 saturated carbocycles. The number of benzene rings is 2. The maximum atomic E-state index is 13.9. The molecule has 0 atom stereocenters. The molecule has 0 aliphatic heterocycles. The number of fused-ring (bicyclic) bond motifs is 1. The number of rotatable bonds is 7. The molecule has 0 unspecified atom stereocenters. The number of hydrogen-bond acceptors (Lipinski definition) is 8. The zero-order valence-electron chi connectivity index (χ0n) is 19.2. The Labute approximate surface area is 209 Å². The van der Waals surface area contributed by atoms with E-state index < -0.39 is 5.82 Å². The fourth-order valence-corrected chi connectivity index (χ4v) is 4.18. The van der Waals surface area contributed by atoms with Gasteiger partial charge in [0.05, 0.1) is 35.0 Å². The number of anilines is 2. The van der Waals surface area contributed by atoms with Crippen LogP contribution in [0.3, 0.4) is 0 Å². The van der Waals surface area contributed by atoms with Crippen LogP contribution >= 0.6 is 11.9 Å². The van der Waals surface area contributed by atoms with Gasteiger partial charge in [-0.1, -0.05) is 24.1 Å². The fraction of sp³-hybridized carbons (Fsp3) is 0.0800. The van der Waals surface area contributed by atoms with Gasteiger partial charge in [0.25, 0.3) is 0 Å². The van der Waals surface area contributed by atoms with Crippen LogP contribution in [0.2, 0.25) is 0 Å². The number of aromatic hydroxyl groups is 1. The number of nitrogens with zero attached hydrogens (tertiary/aromatic N) is 3. The van der Waals surface area contributed by atoms with E-state index in [1.807, 2.05) is 6.26 Å². The summed E-state index contributed by atoms with van der Waals surface area (Å²) in [6.07, 6.45) is 4.73. The van der Waals surface area contributed by atoms with E-state index in [9.17, 15) is 14.3 Å². The number of ether oxygens (including phenoxy) is 1. The van der Waals surface area contributed by atoms with Crippen LogP contribution in [-0.4, -0.2) is 36.9 Å². The van der Waals surface area contributed by atoms with Crippen molar-refractivity contribution in [2.75, 3.05) is 16.7 Å². The van der Waals surface area contributed by atoms with Gasteiger partial charge in [0, 0.05) is 29.3 Å². The van der Waals surface area contributed by atoms with Crippen molar-refractivity contribution in [1.29, 1.82) is 0 Å². The summed E-state index contributed by atoms with van der Waals surface area (Å²) in [6, 6.07) is 12.7. The van der Waals surface area contributed by atoms with Crippen LogP contribution in [0.15, 0.2) is 60.9 Å². The van der Waals surface area contributed by atoms with Crippen LogP contribution < -0.4 is 15.2 Å².